The Balaban J connectivity index is 1.77. The van der Waals surface area contributed by atoms with Crippen molar-refractivity contribution in [3.8, 4) is 0 Å². The molecule has 136 valence electrons. The molecule has 3 N–H and O–H groups in total. The predicted molar refractivity (Wildman–Crippen MR) is 108 cm³/mol. The number of para-hydroxylation sites is 2. The van der Waals surface area contributed by atoms with Gasteiger partial charge >= 0.3 is 0 Å². The highest BCUT2D eigenvalue weighted by atomic mass is 79.9. The van der Waals surface area contributed by atoms with E-state index in [0.29, 0.717) is 16.3 Å². The van der Waals surface area contributed by atoms with Crippen LogP contribution in [0.5, 0.6) is 0 Å². The van der Waals surface area contributed by atoms with Crippen LogP contribution in [0.2, 0.25) is 5.02 Å². The number of halogens is 2. The molecule has 2 aromatic carbocycles. The summed E-state index contributed by atoms with van der Waals surface area (Å²) in [5.41, 5.74) is 7.46. The molecule has 1 saturated heterocycles. The number of primary amides is 1. The molecule has 0 unspecified atom stereocenters. The molecule has 0 saturated carbocycles. The number of carbonyl (C=O) groups excluding carboxylic acids is 2. The minimum absolute atomic E-state index is 0.0745. The Morgan fingerprint density at radius 3 is 2.50 bits per heavy atom. The van der Waals surface area contributed by atoms with Crippen molar-refractivity contribution in [3.63, 3.8) is 0 Å². The second kappa shape index (κ2) is 8.10. The van der Waals surface area contributed by atoms with Crippen molar-refractivity contribution in [1.29, 1.82) is 0 Å². The summed E-state index contributed by atoms with van der Waals surface area (Å²) >= 11 is 9.51. The zero-order chi connectivity index (χ0) is 18.7. The number of carbonyl (C=O) groups is 2. The lowest BCUT2D eigenvalue weighted by Crippen LogP contribution is -2.38. The lowest BCUT2D eigenvalue weighted by molar-refractivity contribution is -0.122. The van der Waals surface area contributed by atoms with Crippen LogP contribution in [0.3, 0.4) is 0 Å². The molecule has 1 aliphatic heterocycles. The summed E-state index contributed by atoms with van der Waals surface area (Å²) in [4.78, 5) is 26.2. The molecule has 1 fully saturated rings. The molecule has 2 aromatic rings. The van der Waals surface area contributed by atoms with Crippen LogP contribution >= 0.6 is 27.5 Å². The summed E-state index contributed by atoms with van der Waals surface area (Å²) < 4.78 is 0.816. The van der Waals surface area contributed by atoms with Gasteiger partial charge in [-0.15, -0.1) is 0 Å². The van der Waals surface area contributed by atoms with Gasteiger partial charge in [-0.05, 0) is 43.2 Å². The van der Waals surface area contributed by atoms with Crippen molar-refractivity contribution in [2.75, 3.05) is 23.3 Å². The largest absolute Gasteiger partial charge is 0.370 e. The lowest BCUT2D eigenvalue weighted by atomic mass is 9.96. The van der Waals surface area contributed by atoms with Gasteiger partial charge in [0.2, 0.25) is 5.91 Å². The van der Waals surface area contributed by atoms with E-state index < -0.39 is 0 Å². The van der Waals surface area contributed by atoms with Gasteiger partial charge in [-0.1, -0.05) is 39.7 Å². The van der Waals surface area contributed by atoms with E-state index in [0.717, 1.165) is 36.1 Å². The van der Waals surface area contributed by atoms with Crippen LogP contribution in [0.15, 0.2) is 46.9 Å². The van der Waals surface area contributed by atoms with Crippen LogP contribution in [0.4, 0.5) is 11.4 Å². The summed E-state index contributed by atoms with van der Waals surface area (Å²) in [7, 11) is 0. The number of nitrogens with one attached hydrogen (secondary N) is 1. The minimum atomic E-state index is -0.262. The van der Waals surface area contributed by atoms with Crippen LogP contribution in [0.25, 0.3) is 0 Å². The van der Waals surface area contributed by atoms with E-state index in [1.807, 2.05) is 24.3 Å². The molecule has 0 atom stereocenters. The van der Waals surface area contributed by atoms with Crippen molar-refractivity contribution in [1.82, 2.24) is 0 Å². The van der Waals surface area contributed by atoms with Crippen LogP contribution in [0.1, 0.15) is 23.2 Å². The van der Waals surface area contributed by atoms with E-state index in [1.54, 1.807) is 18.2 Å². The van der Waals surface area contributed by atoms with E-state index in [2.05, 4.69) is 26.1 Å². The summed E-state index contributed by atoms with van der Waals surface area (Å²) in [6, 6.07) is 12.8. The zero-order valence-electron chi connectivity index (χ0n) is 14.0. The Morgan fingerprint density at radius 1 is 1.15 bits per heavy atom. The molecule has 2 amide bonds. The second-order valence-corrected chi connectivity index (χ2v) is 7.58. The molecule has 7 heteroatoms. The maximum absolute atomic E-state index is 12.6. The number of piperidine rings is 1. The Bertz CT molecular complexity index is 835. The van der Waals surface area contributed by atoms with E-state index in [9.17, 15) is 9.59 Å². The van der Waals surface area contributed by atoms with Gasteiger partial charge < -0.3 is 16.0 Å². The quantitative estimate of drug-likeness (QED) is 0.759. The first-order chi connectivity index (χ1) is 12.5. The Hall–Kier alpha value is -2.05. The van der Waals surface area contributed by atoms with Crippen molar-refractivity contribution >= 4 is 50.7 Å². The first-order valence-corrected chi connectivity index (χ1v) is 9.52. The van der Waals surface area contributed by atoms with Gasteiger partial charge in [0.25, 0.3) is 5.91 Å². The molecule has 0 bridgehead atoms. The highest BCUT2D eigenvalue weighted by Gasteiger charge is 2.24. The van der Waals surface area contributed by atoms with E-state index in [1.165, 1.54) is 0 Å². The van der Waals surface area contributed by atoms with E-state index in [4.69, 9.17) is 17.3 Å². The highest BCUT2D eigenvalue weighted by Crippen LogP contribution is 2.31. The fraction of sp³-hybridized carbons (Fsp3) is 0.263. The smallest absolute Gasteiger partial charge is 0.257 e. The first kappa shape index (κ1) is 18.7. The topological polar surface area (TPSA) is 75.4 Å². The predicted octanol–water partition coefficient (Wildman–Crippen LogP) is 4.06. The molecule has 0 aliphatic carbocycles. The number of nitrogens with zero attached hydrogens (tertiary/aromatic N) is 1. The van der Waals surface area contributed by atoms with Gasteiger partial charge in [-0.25, -0.2) is 0 Å². The highest BCUT2D eigenvalue weighted by molar-refractivity contribution is 9.10. The molecule has 0 aromatic heterocycles. The number of nitrogens with two attached hydrogens (primary N) is 1. The Morgan fingerprint density at radius 2 is 1.85 bits per heavy atom. The second-order valence-electron chi connectivity index (χ2n) is 6.26. The number of benzene rings is 2. The molecule has 5 nitrogen and oxygen atoms in total. The van der Waals surface area contributed by atoms with Gasteiger partial charge in [-0.3, -0.25) is 9.59 Å². The van der Waals surface area contributed by atoms with Crippen molar-refractivity contribution in [3.05, 3.63) is 57.5 Å². The van der Waals surface area contributed by atoms with Crippen molar-refractivity contribution < 1.29 is 9.59 Å². The summed E-state index contributed by atoms with van der Waals surface area (Å²) in [5.74, 6) is -0.576. The standard InChI is InChI=1S/C19H19BrClN3O2/c20-13-5-6-14(15(21)11-13)19(26)23-16-3-1-2-4-17(16)24-9-7-12(8-10-24)18(22)25/h1-6,11-12H,7-10H2,(H2,22,25)(H,23,26). The number of amides is 2. The molecular formula is C19H19BrClN3O2. The van der Waals surface area contributed by atoms with Gasteiger partial charge in [-0.2, -0.15) is 0 Å². The molecule has 0 radical (unpaired) electrons. The molecule has 26 heavy (non-hydrogen) atoms. The Kier molecular flexibility index (Phi) is 5.84. The van der Waals surface area contributed by atoms with Gasteiger partial charge in [0, 0.05) is 23.5 Å². The van der Waals surface area contributed by atoms with Gasteiger partial charge in [0.1, 0.15) is 0 Å². The minimum Gasteiger partial charge on any atom is -0.370 e. The number of rotatable bonds is 4. The zero-order valence-corrected chi connectivity index (χ0v) is 16.4. The summed E-state index contributed by atoms with van der Waals surface area (Å²) in [6.07, 6.45) is 1.44. The monoisotopic (exact) mass is 435 g/mol. The van der Waals surface area contributed by atoms with Gasteiger partial charge in [0.05, 0.1) is 22.0 Å². The van der Waals surface area contributed by atoms with Crippen molar-refractivity contribution in [2.24, 2.45) is 11.7 Å². The maximum atomic E-state index is 12.6. The molecule has 0 spiro atoms. The normalized spacial score (nSPS) is 14.9. The molecule has 3 rings (SSSR count). The maximum Gasteiger partial charge on any atom is 0.257 e. The Labute approximate surface area is 165 Å². The SMILES string of the molecule is NC(=O)C1CCN(c2ccccc2NC(=O)c2ccc(Br)cc2Cl)CC1. The summed E-state index contributed by atoms with van der Waals surface area (Å²) in [5, 5.41) is 3.33. The van der Waals surface area contributed by atoms with Crippen LogP contribution in [-0.4, -0.2) is 24.9 Å². The number of hydrogen-bond acceptors (Lipinski definition) is 3. The fourth-order valence-corrected chi connectivity index (χ4v) is 3.88. The number of hydrogen-bond donors (Lipinski definition) is 2. The third-order valence-corrected chi connectivity index (χ3v) is 5.37. The third kappa shape index (κ3) is 4.19. The molecular weight excluding hydrogens is 418 g/mol. The summed E-state index contributed by atoms with van der Waals surface area (Å²) in [6.45, 7) is 1.44. The van der Waals surface area contributed by atoms with Crippen LogP contribution < -0.4 is 16.0 Å². The van der Waals surface area contributed by atoms with E-state index in [-0.39, 0.29) is 17.7 Å². The first-order valence-electron chi connectivity index (χ1n) is 8.35. The van der Waals surface area contributed by atoms with Crippen LogP contribution in [0, 0.1) is 5.92 Å². The molecule has 1 aliphatic rings. The lowest BCUT2D eigenvalue weighted by Gasteiger charge is -2.33. The third-order valence-electron chi connectivity index (χ3n) is 4.57. The number of anilines is 2. The average molecular weight is 437 g/mol. The molecule has 1 heterocycles. The average Bonchev–Trinajstić information content (AvgIpc) is 2.62. The fourth-order valence-electron chi connectivity index (χ4n) is 3.12. The van der Waals surface area contributed by atoms with Crippen LogP contribution in [-0.2, 0) is 4.79 Å². The van der Waals surface area contributed by atoms with Crippen molar-refractivity contribution in [2.45, 2.75) is 12.8 Å². The van der Waals surface area contributed by atoms with Gasteiger partial charge in [0.15, 0.2) is 0 Å². The van der Waals surface area contributed by atoms with E-state index >= 15 is 0 Å².